The summed E-state index contributed by atoms with van der Waals surface area (Å²) >= 11 is 0. The zero-order chi connectivity index (χ0) is 24.3. The van der Waals surface area contributed by atoms with Crippen LogP contribution in [-0.2, 0) is 4.79 Å². The number of aromatic nitrogens is 3. The first-order chi connectivity index (χ1) is 16.9. The fourth-order valence-electron chi connectivity index (χ4n) is 4.76. The maximum absolute atomic E-state index is 16.0. The molecule has 7 nitrogen and oxygen atoms in total. The molecule has 0 aliphatic carbocycles. The molecule has 1 aliphatic rings. The summed E-state index contributed by atoms with van der Waals surface area (Å²) in [6.45, 7) is 2.34. The standard InChI is InChI=1S/C26H21F2N5O2/c1-14-17-8-9-19(18-7-5-15(13-21(18)27)32-11-3-2-4-23(32)34)24(28)25(17)33(30-14)16-6-10-22-20(12-16)26(29)31-35-22/h5-10,12-13H,2-4,11H2,1H3,(H2,29,31). The zero-order valence-electron chi connectivity index (χ0n) is 18.9. The number of carbonyl (C=O) groups excluding carboxylic acids is 1. The molecule has 6 rings (SSSR count). The molecule has 0 atom stereocenters. The molecule has 35 heavy (non-hydrogen) atoms. The van der Waals surface area contributed by atoms with E-state index in [1.165, 1.54) is 16.8 Å². The zero-order valence-corrected chi connectivity index (χ0v) is 18.9. The van der Waals surface area contributed by atoms with Crippen LogP contribution in [0, 0.1) is 18.6 Å². The molecule has 2 aromatic heterocycles. The number of aryl methyl sites for hydroxylation is 1. The van der Waals surface area contributed by atoms with Gasteiger partial charge in [-0.25, -0.2) is 13.5 Å². The van der Waals surface area contributed by atoms with Gasteiger partial charge in [0.1, 0.15) is 11.3 Å². The molecule has 2 N–H and O–H groups in total. The summed E-state index contributed by atoms with van der Waals surface area (Å²) in [6.07, 6.45) is 2.16. The van der Waals surface area contributed by atoms with Crippen molar-refractivity contribution in [2.24, 2.45) is 0 Å². The van der Waals surface area contributed by atoms with Crippen LogP contribution in [0.2, 0.25) is 0 Å². The molecule has 1 saturated heterocycles. The van der Waals surface area contributed by atoms with Crippen LogP contribution in [0.3, 0.4) is 0 Å². The van der Waals surface area contributed by atoms with Crippen molar-refractivity contribution in [2.75, 3.05) is 17.2 Å². The maximum atomic E-state index is 16.0. The molecule has 1 aliphatic heterocycles. The van der Waals surface area contributed by atoms with Gasteiger partial charge >= 0.3 is 0 Å². The predicted octanol–water partition coefficient (Wildman–Crippen LogP) is 5.52. The first-order valence-corrected chi connectivity index (χ1v) is 11.4. The van der Waals surface area contributed by atoms with Gasteiger partial charge in [-0.3, -0.25) is 4.79 Å². The SMILES string of the molecule is Cc1nn(-c2ccc3onc(N)c3c2)c2c(F)c(-c3ccc(N4CCCCC4=O)cc3F)ccc12. The largest absolute Gasteiger partial charge is 0.380 e. The molecule has 0 radical (unpaired) electrons. The minimum absolute atomic E-state index is 0.0270. The van der Waals surface area contributed by atoms with Crippen LogP contribution in [0.1, 0.15) is 25.0 Å². The lowest BCUT2D eigenvalue weighted by molar-refractivity contribution is -0.119. The monoisotopic (exact) mass is 473 g/mol. The Labute approximate surface area is 198 Å². The van der Waals surface area contributed by atoms with E-state index in [2.05, 4.69) is 10.3 Å². The molecule has 0 bridgehead atoms. The lowest BCUT2D eigenvalue weighted by Crippen LogP contribution is -2.35. The van der Waals surface area contributed by atoms with Crippen LogP contribution >= 0.6 is 0 Å². The number of nitrogens with zero attached hydrogens (tertiary/aromatic N) is 4. The highest BCUT2D eigenvalue weighted by Gasteiger charge is 2.23. The fourth-order valence-corrected chi connectivity index (χ4v) is 4.76. The molecule has 1 amide bonds. The number of hydrogen-bond acceptors (Lipinski definition) is 5. The van der Waals surface area contributed by atoms with Crippen molar-refractivity contribution in [2.45, 2.75) is 26.2 Å². The Morgan fingerprint density at radius 2 is 1.77 bits per heavy atom. The number of nitrogen functional groups attached to an aromatic ring is 1. The van der Waals surface area contributed by atoms with Crippen LogP contribution in [-0.4, -0.2) is 27.4 Å². The van der Waals surface area contributed by atoms with Gasteiger partial charge in [-0.1, -0.05) is 17.3 Å². The van der Waals surface area contributed by atoms with E-state index < -0.39 is 11.6 Å². The Morgan fingerprint density at radius 3 is 2.57 bits per heavy atom. The van der Waals surface area contributed by atoms with Gasteiger partial charge in [-0.15, -0.1) is 0 Å². The van der Waals surface area contributed by atoms with Gasteiger partial charge in [0.25, 0.3) is 0 Å². The molecule has 176 valence electrons. The smallest absolute Gasteiger partial charge is 0.226 e. The van der Waals surface area contributed by atoms with E-state index in [-0.39, 0.29) is 28.4 Å². The molecule has 0 spiro atoms. The topological polar surface area (TPSA) is 90.2 Å². The Hall–Kier alpha value is -4.27. The van der Waals surface area contributed by atoms with Crippen LogP contribution in [0.4, 0.5) is 20.3 Å². The molecular weight excluding hydrogens is 452 g/mol. The highest BCUT2D eigenvalue weighted by molar-refractivity contribution is 5.95. The number of benzene rings is 3. The van der Waals surface area contributed by atoms with Crippen LogP contribution < -0.4 is 10.6 Å². The first-order valence-electron chi connectivity index (χ1n) is 11.4. The number of rotatable bonds is 3. The second kappa shape index (κ2) is 7.90. The van der Waals surface area contributed by atoms with E-state index in [0.29, 0.717) is 46.4 Å². The summed E-state index contributed by atoms with van der Waals surface area (Å²) in [7, 11) is 0. The summed E-state index contributed by atoms with van der Waals surface area (Å²) in [5, 5.41) is 9.49. The summed E-state index contributed by atoms with van der Waals surface area (Å²) in [5.74, 6) is -0.992. The van der Waals surface area contributed by atoms with E-state index in [9.17, 15) is 4.79 Å². The van der Waals surface area contributed by atoms with E-state index in [0.717, 1.165) is 12.8 Å². The van der Waals surface area contributed by atoms with Crippen molar-refractivity contribution in [1.29, 1.82) is 0 Å². The van der Waals surface area contributed by atoms with E-state index >= 15 is 8.78 Å². The first kappa shape index (κ1) is 21.3. The Kier molecular flexibility index (Phi) is 4.80. The molecular formula is C26H21F2N5O2. The number of halogens is 2. The van der Waals surface area contributed by atoms with Gasteiger partial charge in [0, 0.05) is 35.2 Å². The van der Waals surface area contributed by atoms with Gasteiger partial charge in [0.2, 0.25) is 5.91 Å². The van der Waals surface area contributed by atoms with Crippen LogP contribution in [0.15, 0.2) is 53.1 Å². The Bertz CT molecular complexity index is 1640. The van der Waals surface area contributed by atoms with Crippen molar-refractivity contribution in [3.63, 3.8) is 0 Å². The van der Waals surface area contributed by atoms with Crippen molar-refractivity contribution < 1.29 is 18.1 Å². The molecule has 5 aromatic rings. The number of amides is 1. The quantitative estimate of drug-likeness (QED) is 0.373. The number of anilines is 2. The third-order valence-electron chi connectivity index (χ3n) is 6.57. The van der Waals surface area contributed by atoms with Crippen molar-refractivity contribution in [3.05, 3.63) is 65.9 Å². The number of fused-ring (bicyclic) bond motifs is 2. The lowest BCUT2D eigenvalue weighted by atomic mass is 10.0. The van der Waals surface area contributed by atoms with Gasteiger partial charge in [-0.2, -0.15) is 5.10 Å². The number of piperidine rings is 1. The Morgan fingerprint density at radius 1 is 0.971 bits per heavy atom. The Balaban J connectivity index is 1.48. The predicted molar refractivity (Wildman–Crippen MR) is 129 cm³/mol. The molecule has 0 saturated carbocycles. The molecule has 9 heteroatoms. The van der Waals surface area contributed by atoms with Crippen LogP contribution in [0.25, 0.3) is 38.7 Å². The minimum atomic E-state index is -0.597. The maximum Gasteiger partial charge on any atom is 0.226 e. The van der Waals surface area contributed by atoms with E-state index in [1.54, 1.807) is 48.2 Å². The highest BCUT2D eigenvalue weighted by Crippen LogP contribution is 2.35. The van der Waals surface area contributed by atoms with E-state index in [1.807, 2.05) is 0 Å². The molecule has 3 heterocycles. The van der Waals surface area contributed by atoms with Crippen molar-refractivity contribution >= 4 is 39.3 Å². The minimum Gasteiger partial charge on any atom is -0.380 e. The third-order valence-corrected chi connectivity index (χ3v) is 6.57. The number of carbonyl (C=O) groups is 1. The normalized spacial score (nSPS) is 14.4. The molecule has 3 aromatic carbocycles. The van der Waals surface area contributed by atoms with E-state index in [4.69, 9.17) is 10.3 Å². The average Bonchev–Trinajstić information content (AvgIpc) is 3.40. The van der Waals surface area contributed by atoms with Gasteiger partial charge in [0.15, 0.2) is 17.2 Å². The van der Waals surface area contributed by atoms with Crippen molar-refractivity contribution in [3.8, 4) is 16.8 Å². The van der Waals surface area contributed by atoms with Crippen LogP contribution in [0.5, 0.6) is 0 Å². The van der Waals surface area contributed by atoms with Gasteiger partial charge in [-0.05, 0) is 56.2 Å². The molecule has 0 unspecified atom stereocenters. The number of nitrogens with two attached hydrogens (primary N) is 1. The van der Waals surface area contributed by atoms with Crippen molar-refractivity contribution in [1.82, 2.24) is 14.9 Å². The summed E-state index contributed by atoms with van der Waals surface area (Å²) in [5.41, 5.74) is 8.53. The van der Waals surface area contributed by atoms with Gasteiger partial charge in [0.05, 0.1) is 16.8 Å². The summed E-state index contributed by atoms with van der Waals surface area (Å²) in [4.78, 5) is 13.8. The molecule has 1 fully saturated rings. The highest BCUT2D eigenvalue weighted by atomic mass is 19.1. The lowest BCUT2D eigenvalue weighted by Gasteiger charge is -2.27. The van der Waals surface area contributed by atoms with Gasteiger partial charge < -0.3 is 15.2 Å². The second-order valence-corrected chi connectivity index (χ2v) is 8.74. The second-order valence-electron chi connectivity index (χ2n) is 8.74. The summed E-state index contributed by atoms with van der Waals surface area (Å²) in [6, 6.07) is 12.9. The summed E-state index contributed by atoms with van der Waals surface area (Å²) < 4.78 is 37.9. The number of hydrogen-bond donors (Lipinski definition) is 1. The average molecular weight is 473 g/mol. The fraction of sp³-hybridized carbons (Fsp3) is 0.192. The third kappa shape index (κ3) is 3.34.